The molecule has 12 heteroatoms. The Balaban J connectivity index is 1.55. The Bertz CT molecular complexity index is 1040. The Morgan fingerprint density at radius 1 is 1.32 bits per heavy atom. The molecule has 0 radical (unpaired) electrons. The lowest BCUT2D eigenvalue weighted by Gasteiger charge is -2.24. The van der Waals surface area contributed by atoms with Gasteiger partial charge in [-0.25, -0.2) is 4.79 Å². The van der Waals surface area contributed by atoms with Crippen molar-refractivity contribution in [2.45, 2.75) is 38.1 Å². The van der Waals surface area contributed by atoms with Crippen molar-refractivity contribution in [3.63, 3.8) is 0 Å². The Labute approximate surface area is 175 Å². The number of aryl methyl sites for hydroxylation is 1. The second kappa shape index (κ2) is 9.32. The van der Waals surface area contributed by atoms with Gasteiger partial charge < -0.3 is 31.0 Å². The van der Waals surface area contributed by atoms with Gasteiger partial charge in [0, 0.05) is 19.4 Å². The lowest BCUT2D eigenvalue weighted by atomic mass is 9.92. The molecule has 0 aliphatic carbocycles. The number of carboxylic acids is 2. The first-order valence-electron chi connectivity index (χ1n) is 9.69. The maximum atomic E-state index is 12.2. The molecule has 3 rings (SSSR count). The summed E-state index contributed by atoms with van der Waals surface area (Å²) < 4.78 is 5.51. The van der Waals surface area contributed by atoms with E-state index in [9.17, 15) is 19.2 Å². The van der Waals surface area contributed by atoms with Gasteiger partial charge in [-0.1, -0.05) is 0 Å². The zero-order valence-electron chi connectivity index (χ0n) is 16.5. The van der Waals surface area contributed by atoms with Gasteiger partial charge in [-0.2, -0.15) is 4.98 Å². The van der Waals surface area contributed by atoms with Crippen LogP contribution in [0.2, 0.25) is 0 Å². The first kappa shape index (κ1) is 21.9. The zero-order valence-corrected chi connectivity index (χ0v) is 16.5. The molecule has 0 saturated heterocycles. The smallest absolute Gasteiger partial charge is 0.326 e. The summed E-state index contributed by atoms with van der Waals surface area (Å²) in [6.45, 7) is 0.612. The molecule has 2 aromatic rings. The zero-order chi connectivity index (χ0) is 22.5. The van der Waals surface area contributed by atoms with Crippen LogP contribution in [-0.2, 0) is 22.4 Å². The summed E-state index contributed by atoms with van der Waals surface area (Å²) in [5, 5.41) is 23.2. The second-order valence-corrected chi connectivity index (χ2v) is 7.33. The number of anilines is 2. The molecular formula is C19H23N5O7. The van der Waals surface area contributed by atoms with Gasteiger partial charge in [-0.15, -0.1) is 0 Å². The molecule has 1 aliphatic rings. The largest absolute Gasteiger partial charge is 0.481 e. The van der Waals surface area contributed by atoms with Gasteiger partial charge >= 0.3 is 11.9 Å². The van der Waals surface area contributed by atoms with Crippen LogP contribution in [0.15, 0.2) is 21.3 Å². The Morgan fingerprint density at radius 2 is 2.10 bits per heavy atom. The molecule has 7 N–H and O–H groups in total. The standard InChI is InChI=1S/C19H23N5O7/c20-19-23-15-11(16(27)24-19)7-9(8-21-15)1-2-10-3-5-13(31-10)17(28)22-12(18(29)30)4-6-14(25)26/h3,5,9,12H,1-2,4,6-8H2,(H,22,28)(H,25,26)(H,29,30)(H4,20,21,23,24,27)/t9?,12-/m0/s1. The highest BCUT2D eigenvalue weighted by atomic mass is 16.4. The van der Waals surface area contributed by atoms with Gasteiger partial charge in [-0.05, 0) is 37.3 Å². The van der Waals surface area contributed by atoms with E-state index in [1.807, 2.05) is 0 Å². The van der Waals surface area contributed by atoms with E-state index in [1.54, 1.807) is 6.07 Å². The number of rotatable bonds is 9. The quantitative estimate of drug-likeness (QED) is 0.317. The normalized spacial score (nSPS) is 16.1. The molecule has 0 fully saturated rings. The molecule has 2 aromatic heterocycles. The minimum atomic E-state index is -1.33. The Hall–Kier alpha value is -3.83. The van der Waals surface area contributed by atoms with E-state index in [2.05, 4.69) is 20.6 Å². The van der Waals surface area contributed by atoms with Gasteiger partial charge in [0.05, 0.1) is 5.56 Å². The van der Waals surface area contributed by atoms with Crippen molar-refractivity contribution in [2.75, 3.05) is 17.6 Å². The predicted octanol–water partition coefficient (Wildman–Crippen LogP) is 0.210. The summed E-state index contributed by atoms with van der Waals surface area (Å²) in [6, 6.07) is 1.74. The number of nitrogen functional groups attached to an aromatic ring is 1. The van der Waals surface area contributed by atoms with E-state index in [1.165, 1.54) is 6.07 Å². The number of nitrogens with two attached hydrogens (primary N) is 1. The van der Waals surface area contributed by atoms with Crippen molar-refractivity contribution in [2.24, 2.45) is 5.92 Å². The summed E-state index contributed by atoms with van der Waals surface area (Å²) in [5.74, 6) is -2.02. The Morgan fingerprint density at radius 3 is 2.81 bits per heavy atom. The summed E-state index contributed by atoms with van der Waals surface area (Å²) >= 11 is 0. The van der Waals surface area contributed by atoms with E-state index in [0.717, 1.165) is 0 Å². The van der Waals surface area contributed by atoms with Crippen molar-refractivity contribution in [1.82, 2.24) is 15.3 Å². The highest BCUT2D eigenvalue weighted by Gasteiger charge is 2.25. The predicted molar refractivity (Wildman–Crippen MR) is 108 cm³/mol. The topological polar surface area (TPSA) is 201 Å². The van der Waals surface area contributed by atoms with Gasteiger partial charge in [0.1, 0.15) is 17.6 Å². The van der Waals surface area contributed by atoms with E-state index < -0.39 is 23.9 Å². The van der Waals surface area contributed by atoms with Crippen molar-refractivity contribution < 1.29 is 29.0 Å². The number of nitrogens with one attached hydrogen (secondary N) is 3. The first-order chi connectivity index (χ1) is 14.7. The number of aromatic amines is 1. The third kappa shape index (κ3) is 5.62. The fourth-order valence-electron chi connectivity index (χ4n) is 3.39. The molecule has 3 heterocycles. The minimum absolute atomic E-state index is 0.0557. The van der Waals surface area contributed by atoms with Crippen molar-refractivity contribution >= 4 is 29.6 Å². The number of aliphatic carboxylic acids is 2. The fraction of sp³-hybridized carbons (Fsp3) is 0.421. The maximum absolute atomic E-state index is 12.2. The number of furan rings is 1. The molecule has 1 aliphatic heterocycles. The molecule has 0 aromatic carbocycles. The molecule has 0 spiro atoms. The molecule has 12 nitrogen and oxygen atoms in total. The van der Waals surface area contributed by atoms with Crippen LogP contribution in [0.1, 0.15) is 41.1 Å². The van der Waals surface area contributed by atoms with E-state index in [4.69, 9.17) is 20.4 Å². The minimum Gasteiger partial charge on any atom is -0.481 e. The number of aromatic nitrogens is 2. The summed E-state index contributed by atoms with van der Waals surface area (Å²) in [6.07, 6.45) is 1.10. The lowest BCUT2D eigenvalue weighted by Crippen LogP contribution is -2.41. The van der Waals surface area contributed by atoms with E-state index >= 15 is 0 Å². The van der Waals surface area contributed by atoms with Crippen molar-refractivity contribution in [1.29, 1.82) is 0 Å². The van der Waals surface area contributed by atoms with E-state index in [-0.39, 0.29) is 36.0 Å². The van der Waals surface area contributed by atoms with Crippen LogP contribution in [0.4, 0.5) is 11.8 Å². The van der Waals surface area contributed by atoms with Crippen LogP contribution < -0.4 is 21.9 Å². The highest BCUT2D eigenvalue weighted by molar-refractivity contribution is 5.94. The van der Waals surface area contributed by atoms with Crippen molar-refractivity contribution in [3.8, 4) is 0 Å². The number of hydrogen-bond acceptors (Lipinski definition) is 8. The average molecular weight is 433 g/mol. The van der Waals surface area contributed by atoms with Gasteiger partial charge in [-0.3, -0.25) is 19.4 Å². The van der Waals surface area contributed by atoms with Gasteiger partial charge in [0.25, 0.3) is 11.5 Å². The maximum Gasteiger partial charge on any atom is 0.326 e. The lowest BCUT2D eigenvalue weighted by molar-refractivity contribution is -0.140. The number of H-pyrrole nitrogens is 1. The molecule has 166 valence electrons. The molecule has 0 bridgehead atoms. The molecule has 31 heavy (non-hydrogen) atoms. The number of carbonyl (C=O) groups excluding carboxylic acids is 1. The van der Waals surface area contributed by atoms with Crippen LogP contribution >= 0.6 is 0 Å². The fourth-order valence-corrected chi connectivity index (χ4v) is 3.39. The summed E-state index contributed by atoms with van der Waals surface area (Å²) in [4.78, 5) is 52.7. The number of hydrogen-bond donors (Lipinski definition) is 6. The van der Waals surface area contributed by atoms with Crippen LogP contribution in [0, 0.1) is 5.92 Å². The van der Waals surface area contributed by atoms with Gasteiger partial charge in [0.15, 0.2) is 5.76 Å². The molecule has 1 unspecified atom stereocenters. The molecule has 0 saturated carbocycles. The number of carbonyl (C=O) groups is 3. The third-order valence-electron chi connectivity index (χ3n) is 5.02. The van der Waals surface area contributed by atoms with Crippen LogP contribution in [-0.4, -0.2) is 50.6 Å². The molecular weight excluding hydrogens is 410 g/mol. The highest BCUT2D eigenvalue weighted by Crippen LogP contribution is 2.24. The summed E-state index contributed by atoms with van der Waals surface area (Å²) in [7, 11) is 0. The SMILES string of the molecule is Nc1nc2c(c(=O)[nH]1)CC(CCc1ccc(C(=O)N[C@@H](CCC(=O)O)C(=O)O)o1)CN2. The summed E-state index contributed by atoms with van der Waals surface area (Å²) in [5.41, 5.74) is 5.82. The van der Waals surface area contributed by atoms with Crippen LogP contribution in [0.3, 0.4) is 0 Å². The van der Waals surface area contributed by atoms with E-state index in [0.29, 0.717) is 42.9 Å². The Kier molecular flexibility index (Phi) is 6.58. The van der Waals surface area contributed by atoms with Gasteiger partial charge in [0.2, 0.25) is 5.95 Å². The number of fused-ring (bicyclic) bond motifs is 1. The van der Waals surface area contributed by atoms with Crippen LogP contribution in [0.5, 0.6) is 0 Å². The monoisotopic (exact) mass is 433 g/mol. The second-order valence-electron chi connectivity index (χ2n) is 7.33. The number of nitrogens with zero attached hydrogens (tertiary/aromatic N) is 1. The van der Waals surface area contributed by atoms with Crippen molar-refractivity contribution in [3.05, 3.63) is 39.6 Å². The first-order valence-corrected chi connectivity index (χ1v) is 9.69. The molecule has 1 amide bonds. The number of carboxylic acid groups (broad SMARTS) is 2. The van der Waals surface area contributed by atoms with Crippen LogP contribution in [0.25, 0.3) is 0 Å². The average Bonchev–Trinajstić information content (AvgIpc) is 3.18. The third-order valence-corrected chi connectivity index (χ3v) is 5.02. The number of amides is 1. The molecule has 2 atom stereocenters.